The van der Waals surface area contributed by atoms with Gasteiger partial charge in [0, 0.05) is 0 Å². The van der Waals surface area contributed by atoms with E-state index in [2.05, 4.69) is 55.4 Å². The van der Waals surface area contributed by atoms with Gasteiger partial charge in [0.15, 0.2) is 0 Å². The van der Waals surface area contributed by atoms with E-state index in [0.29, 0.717) is 0 Å². The number of hydrogen-bond acceptors (Lipinski definition) is 3. The van der Waals surface area contributed by atoms with Crippen LogP contribution in [0.5, 0.6) is 0 Å². The summed E-state index contributed by atoms with van der Waals surface area (Å²) in [4.78, 5) is 30.7. The van der Waals surface area contributed by atoms with Crippen molar-refractivity contribution in [1.29, 1.82) is 0 Å². The molecule has 0 heterocycles. The normalized spacial score (nSPS) is 11.7. The van der Waals surface area contributed by atoms with Crippen LogP contribution in [0.1, 0.15) is 158 Å². The quantitative estimate of drug-likeness (QED) is 0.0474. The van der Waals surface area contributed by atoms with Crippen molar-refractivity contribution in [2.45, 2.75) is 158 Å². The standard InChI is InChI=1S/2C16H36N.3CClO.Pd/c2*1-5-9-13-17(14-10-6-2,15-11-7-3)16-12-8-4;3*2-1-3;/h2*5-16H2,1-4H3;;;;/q2*+1;;;;-2. The van der Waals surface area contributed by atoms with Crippen molar-refractivity contribution in [2.24, 2.45) is 0 Å². The van der Waals surface area contributed by atoms with Gasteiger partial charge < -0.3 is 8.97 Å². The summed E-state index contributed by atoms with van der Waals surface area (Å²) in [5.74, 6) is 0. The Morgan fingerprint density at radius 1 is 0.364 bits per heavy atom. The molecule has 0 aliphatic rings. The fourth-order valence-corrected chi connectivity index (χ4v) is 8.63. The van der Waals surface area contributed by atoms with Gasteiger partial charge in [-0.2, -0.15) is 0 Å². The van der Waals surface area contributed by atoms with Crippen LogP contribution >= 0.6 is 34.8 Å². The van der Waals surface area contributed by atoms with Crippen LogP contribution in [0.2, 0.25) is 0 Å². The van der Waals surface area contributed by atoms with E-state index in [1.54, 1.807) is 0 Å². The summed E-state index contributed by atoms with van der Waals surface area (Å²) in [5, 5.41) is 0. The zero-order valence-electron chi connectivity index (χ0n) is 30.0. The van der Waals surface area contributed by atoms with Crippen LogP contribution in [0.25, 0.3) is 0 Å². The molecule has 0 aliphatic heterocycles. The van der Waals surface area contributed by atoms with Gasteiger partial charge in [-0.1, -0.05) is 107 Å². The van der Waals surface area contributed by atoms with E-state index in [-0.39, 0.29) is 0 Å². The van der Waals surface area contributed by atoms with Crippen LogP contribution in [-0.2, 0) is 16.8 Å². The van der Waals surface area contributed by atoms with Crippen molar-refractivity contribution in [3.05, 3.63) is 0 Å². The summed E-state index contributed by atoms with van der Waals surface area (Å²) in [5.41, 5.74) is 0. The molecule has 0 saturated heterocycles. The summed E-state index contributed by atoms with van der Waals surface area (Å²) in [6, 6.07) is 0. The fourth-order valence-electron chi connectivity index (χ4n) is 5.44. The monoisotopic (exact) mass is 779 g/mol. The Morgan fingerprint density at radius 3 is 0.568 bits per heavy atom. The molecule has 0 atom stereocenters. The van der Waals surface area contributed by atoms with Crippen molar-refractivity contribution >= 4 is 45.9 Å². The number of carbonyl (C=O) groups excluding carboxylic acids is 3. The van der Waals surface area contributed by atoms with Crippen LogP contribution in [0, 0.1) is 0 Å². The minimum atomic E-state index is -2.86. The molecule has 0 fully saturated rings. The van der Waals surface area contributed by atoms with Crippen molar-refractivity contribution in [2.75, 3.05) is 52.4 Å². The summed E-state index contributed by atoms with van der Waals surface area (Å²) < 4.78 is -0.310. The molecule has 44 heavy (non-hydrogen) atoms. The average molecular weight is 782 g/mol. The molecular formula is C35H72Cl3N2O3Pd. The summed E-state index contributed by atoms with van der Waals surface area (Å²) >= 11 is 11.6. The Hall–Kier alpha value is 0.462. The molecule has 0 unspecified atom stereocenters. The van der Waals surface area contributed by atoms with Crippen LogP contribution in [0.3, 0.4) is 0 Å². The Labute approximate surface area is 295 Å². The molecule has 0 spiro atoms. The van der Waals surface area contributed by atoms with E-state index in [9.17, 15) is 14.4 Å². The van der Waals surface area contributed by atoms with Crippen molar-refractivity contribution in [3.63, 3.8) is 0 Å². The molecule has 0 rings (SSSR count). The maximum absolute atomic E-state index is 10.2. The first-order valence-corrected chi connectivity index (χ1v) is 21.3. The number of hydrogen-bond donors (Lipinski definition) is 0. The zero-order chi connectivity index (χ0) is 34.3. The van der Waals surface area contributed by atoms with Gasteiger partial charge in [0.25, 0.3) is 0 Å². The number of rotatable bonds is 27. The number of nitrogens with zero attached hydrogens (tertiary/aromatic N) is 2. The topological polar surface area (TPSA) is 51.2 Å². The van der Waals surface area contributed by atoms with E-state index in [4.69, 9.17) is 34.8 Å². The molecule has 9 heteroatoms. The number of halogens is 3. The first-order valence-electron chi connectivity index (χ1n) is 17.8. The van der Waals surface area contributed by atoms with Gasteiger partial charge in [-0.05, 0) is 51.4 Å². The minimum absolute atomic E-state index is 1.05. The predicted octanol–water partition coefficient (Wildman–Crippen LogP) is 12.7. The summed E-state index contributed by atoms with van der Waals surface area (Å²) in [6.07, 6.45) is 22.1. The molecular weight excluding hydrogens is 709 g/mol. The van der Waals surface area contributed by atoms with E-state index in [1.807, 2.05) is 0 Å². The van der Waals surface area contributed by atoms with Gasteiger partial charge in [0.2, 0.25) is 0 Å². The molecule has 0 amide bonds. The van der Waals surface area contributed by atoms with Gasteiger partial charge in [-0.3, -0.25) is 0 Å². The van der Waals surface area contributed by atoms with Gasteiger partial charge in [0.1, 0.15) is 0 Å². The van der Waals surface area contributed by atoms with Crippen LogP contribution < -0.4 is 0 Å². The third kappa shape index (κ3) is 26.5. The molecule has 0 aromatic rings. The SMILES string of the molecule is CCCC[N+](CCCC)(CCCC)CCCC.CCCC[N+](CCCC)(CCCC)CCCC.O=[C](Cl)[Pd-2]([C](=O)Cl)[C](=O)Cl. The molecule has 0 N–H and O–H groups in total. The number of unbranched alkanes of at least 4 members (excludes halogenated alkanes) is 8. The second kappa shape index (κ2) is 33.4. The molecule has 0 radical (unpaired) electrons. The third-order valence-electron chi connectivity index (χ3n) is 8.26. The molecule has 271 valence electrons. The summed E-state index contributed by atoms with van der Waals surface area (Å²) in [7, 11) is 0. The van der Waals surface area contributed by atoms with Gasteiger partial charge in [0.05, 0.1) is 52.4 Å². The van der Waals surface area contributed by atoms with Crippen molar-refractivity contribution in [1.82, 2.24) is 0 Å². The molecule has 0 aromatic carbocycles. The van der Waals surface area contributed by atoms with Crippen LogP contribution in [-0.4, -0.2) is 72.5 Å². The van der Waals surface area contributed by atoms with E-state index in [1.165, 1.54) is 164 Å². The fraction of sp³-hybridized carbons (Fsp3) is 0.914. The van der Waals surface area contributed by atoms with E-state index >= 15 is 0 Å². The summed E-state index contributed by atoms with van der Waals surface area (Å²) in [6.45, 7) is 30.0. The Balaban J connectivity index is -0.000000594. The number of quaternary nitrogens is 2. The van der Waals surface area contributed by atoms with Crippen LogP contribution in [0.4, 0.5) is 14.4 Å². The van der Waals surface area contributed by atoms with Crippen molar-refractivity contribution < 1.29 is 40.1 Å². The van der Waals surface area contributed by atoms with Crippen LogP contribution in [0.15, 0.2) is 0 Å². The van der Waals surface area contributed by atoms with Gasteiger partial charge >= 0.3 is 77.1 Å². The van der Waals surface area contributed by atoms with Crippen molar-refractivity contribution in [3.8, 4) is 0 Å². The molecule has 5 nitrogen and oxygen atoms in total. The predicted molar refractivity (Wildman–Crippen MR) is 192 cm³/mol. The Bertz CT molecular complexity index is 554. The van der Waals surface area contributed by atoms with Gasteiger partial charge in [-0.15, -0.1) is 0 Å². The van der Waals surface area contributed by atoms with E-state index in [0.717, 1.165) is 0 Å². The molecule has 0 bridgehead atoms. The molecule has 0 saturated carbocycles. The van der Waals surface area contributed by atoms with E-state index < -0.39 is 27.9 Å². The van der Waals surface area contributed by atoms with Gasteiger partial charge in [-0.25, -0.2) is 0 Å². The second-order valence-corrected chi connectivity index (χ2v) is 17.7. The zero-order valence-corrected chi connectivity index (χ0v) is 33.9. The average Bonchev–Trinajstić information content (AvgIpc) is 2.99. The Kier molecular flexibility index (Phi) is 37.0. The first-order chi connectivity index (χ1) is 20.9. The first kappa shape index (κ1) is 48.9. The number of carbonyl (C=O) groups is 3. The Morgan fingerprint density at radius 2 is 0.500 bits per heavy atom. The molecule has 0 aliphatic carbocycles. The second-order valence-electron chi connectivity index (χ2n) is 12.1. The maximum atomic E-state index is 10.2. The molecule has 0 aromatic heterocycles. The third-order valence-corrected chi connectivity index (χ3v) is 12.2.